The maximum Gasteiger partial charge on any atom is 0.0728 e. The summed E-state index contributed by atoms with van der Waals surface area (Å²) < 4.78 is 0. The summed E-state index contributed by atoms with van der Waals surface area (Å²) in [6.07, 6.45) is 0. The molecule has 0 saturated heterocycles. The Morgan fingerprint density at radius 3 is 1.09 bits per heavy atom. The number of para-hydroxylation sites is 1. The summed E-state index contributed by atoms with van der Waals surface area (Å²) in [6, 6.07) is 106. The van der Waals surface area contributed by atoms with Crippen molar-refractivity contribution in [2.45, 2.75) is 10.8 Å². The van der Waals surface area contributed by atoms with Gasteiger partial charge < -0.3 is 4.90 Å². The van der Waals surface area contributed by atoms with E-state index in [4.69, 9.17) is 0 Å². The lowest BCUT2D eigenvalue weighted by Crippen LogP contribution is -2.44. The average Bonchev–Trinajstić information content (AvgIpc) is 3.75. The van der Waals surface area contributed by atoms with Crippen molar-refractivity contribution in [2.75, 3.05) is 4.90 Å². The molecule has 0 aliphatic heterocycles. The van der Waals surface area contributed by atoms with Crippen LogP contribution in [0.15, 0.2) is 285 Å². The molecule has 2 aliphatic carbocycles. The lowest BCUT2D eigenvalue weighted by Gasteiger charge is -2.50. The molecule has 2 aliphatic rings. The highest BCUT2D eigenvalue weighted by molar-refractivity contribution is 5.93. The van der Waals surface area contributed by atoms with E-state index in [9.17, 15) is 0 Å². The van der Waals surface area contributed by atoms with Gasteiger partial charge >= 0.3 is 0 Å². The third-order valence-electron chi connectivity index (χ3n) is 14.8. The van der Waals surface area contributed by atoms with Gasteiger partial charge in [-0.25, -0.2) is 0 Å². The molecule has 1 nitrogen and oxygen atoms in total. The number of rotatable bonds is 9. The molecule has 11 aromatic carbocycles. The second-order valence-electron chi connectivity index (χ2n) is 18.3. The number of fused-ring (bicyclic) bond motifs is 5. The van der Waals surface area contributed by atoms with Crippen molar-refractivity contribution >= 4 is 17.1 Å². The second kappa shape index (κ2) is 16.5. The summed E-state index contributed by atoms with van der Waals surface area (Å²) in [7, 11) is 0. The molecule has 69 heavy (non-hydrogen) atoms. The first-order valence-electron chi connectivity index (χ1n) is 24.0. The number of anilines is 3. The second-order valence-corrected chi connectivity index (χ2v) is 18.3. The zero-order chi connectivity index (χ0) is 45.8. The Morgan fingerprint density at radius 1 is 0.217 bits per heavy atom. The molecule has 2 unspecified atom stereocenters. The van der Waals surface area contributed by atoms with Crippen LogP contribution in [-0.4, -0.2) is 0 Å². The van der Waals surface area contributed by atoms with Crippen molar-refractivity contribution in [1.82, 2.24) is 0 Å². The molecule has 11 aromatic rings. The Balaban J connectivity index is 1.06. The largest absolute Gasteiger partial charge is 0.310 e. The van der Waals surface area contributed by atoms with Gasteiger partial charge in [0.1, 0.15) is 0 Å². The number of hydrogen-bond acceptors (Lipinski definition) is 1. The fourth-order valence-corrected chi connectivity index (χ4v) is 12.0. The van der Waals surface area contributed by atoms with Crippen molar-refractivity contribution in [1.29, 1.82) is 0 Å². The summed E-state index contributed by atoms with van der Waals surface area (Å²) in [6.45, 7) is 0. The van der Waals surface area contributed by atoms with Crippen LogP contribution in [-0.2, 0) is 10.8 Å². The summed E-state index contributed by atoms with van der Waals surface area (Å²) in [5.41, 5.74) is 22.0. The molecule has 1 heteroatoms. The number of benzene rings is 11. The molecule has 0 N–H and O–H groups in total. The predicted molar refractivity (Wildman–Crippen MR) is 287 cm³/mol. The highest BCUT2D eigenvalue weighted by atomic mass is 15.1. The Kier molecular flexibility index (Phi) is 9.70. The molecule has 0 saturated carbocycles. The first-order valence-corrected chi connectivity index (χ1v) is 24.0. The third kappa shape index (κ3) is 6.24. The van der Waals surface area contributed by atoms with Crippen LogP contribution in [0.4, 0.5) is 17.1 Å². The molecule has 0 heterocycles. The quantitative estimate of drug-likeness (QED) is 0.140. The van der Waals surface area contributed by atoms with Gasteiger partial charge in [-0.1, -0.05) is 255 Å². The SMILES string of the molecule is c1ccc(-c2ccc(-c3ccc(N(c4ccc(-c5ccccc5)cc4)c4ccccc4C4(c5ccccc5)c5ccccc5C5(c6ccccc6)c6ccccc6-c6cccc4c65)cc3)cc2)cc1. The number of hydrogen-bond donors (Lipinski definition) is 0. The Labute approximate surface area is 404 Å². The molecule has 0 fully saturated rings. The van der Waals surface area contributed by atoms with Gasteiger partial charge in [-0.15, -0.1) is 0 Å². The van der Waals surface area contributed by atoms with Crippen LogP contribution in [0.2, 0.25) is 0 Å². The predicted octanol–water partition coefficient (Wildman–Crippen LogP) is 17.2. The smallest absolute Gasteiger partial charge is 0.0728 e. The minimum absolute atomic E-state index is 0.532. The molecule has 0 aromatic heterocycles. The van der Waals surface area contributed by atoms with Crippen LogP contribution in [0.1, 0.15) is 44.5 Å². The van der Waals surface area contributed by atoms with Crippen LogP contribution in [0.5, 0.6) is 0 Å². The topological polar surface area (TPSA) is 3.24 Å². The van der Waals surface area contributed by atoms with Gasteiger partial charge in [-0.05, 0) is 119 Å². The van der Waals surface area contributed by atoms with Crippen LogP contribution in [0, 0.1) is 0 Å². The summed E-state index contributed by atoms with van der Waals surface area (Å²) in [5, 5.41) is 0. The van der Waals surface area contributed by atoms with Crippen LogP contribution < -0.4 is 4.90 Å². The van der Waals surface area contributed by atoms with Gasteiger partial charge in [-0.3, -0.25) is 0 Å². The Bertz CT molecular complexity index is 3620. The Morgan fingerprint density at radius 2 is 0.565 bits per heavy atom. The van der Waals surface area contributed by atoms with E-state index in [1.807, 2.05) is 0 Å². The standard InChI is InChI=1S/C68H47N/c1-5-20-48(21-6-1)50-36-38-51(39-37-50)53-42-46-57(47-43-53)69(56-44-40-52(41-45-56)49-22-7-2-8-23-49)65-35-18-17-33-63(65)67(54-24-9-3-10-25-54)61-31-15-16-32-62(61)68(55-26-11-4-12-27-55)60-30-14-13-28-58(60)59-29-19-34-64(67)66(59)68/h1-47H. The third-order valence-corrected chi connectivity index (χ3v) is 14.8. The van der Waals surface area contributed by atoms with E-state index < -0.39 is 10.8 Å². The van der Waals surface area contributed by atoms with E-state index >= 15 is 0 Å². The maximum atomic E-state index is 2.48. The van der Waals surface area contributed by atoms with Gasteiger partial charge in [0.15, 0.2) is 0 Å². The van der Waals surface area contributed by atoms with Crippen LogP contribution in [0.3, 0.4) is 0 Å². The highest BCUT2D eigenvalue weighted by Crippen LogP contribution is 2.66. The monoisotopic (exact) mass is 877 g/mol. The summed E-state index contributed by atoms with van der Waals surface area (Å²) in [4.78, 5) is 2.48. The van der Waals surface area contributed by atoms with Crippen molar-refractivity contribution in [3.05, 3.63) is 330 Å². The van der Waals surface area contributed by atoms with Crippen molar-refractivity contribution in [2.24, 2.45) is 0 Å². The van der Waals surface area contributed by atoms with Gasteiger partial charge in [0.25, 0.3) is 0 Å². The summed E-state index contributed by atoms with van der Waals surface area (Å²) >= 11 is 0. The fourth-order valence-electron chi connectivity index (χ4n) is 12.0. The maximum absolute atomic E-state index is 2.48. The molecular weight excluding hydrogens is 831 g/mol. The van der Waals surface area contributed by atoms with E-state index in [0.29, 0.717) is 0 Å². The fraction of sp³-hybridized carbons (Fsp3) is 0.0294. The van der Waals surface area contributed by atoms with Gasteiger partial charge in [0.2, 0.25) is 0 Å². The summed E-state index contributed by atoms with van der Waals surface area (Å²) in [5.74, 6) is 0. The lowest BCUT2D eigenvalue weighted by atomic mass is 9.51. The van der Waals surface area contributed by atoms with Gasteiger partial charge in [0.05, 0.1) is 16.5 Å². The van der Waals surface area contributed by atoms with Crippen LogP contribution in [0.25, 0.3) is 44.5 Å². The lowest BCUT2D eigenvalue weighted by molar-refractivity contribution is 0.627. The van der Waals surface area contributed by atoms with Crippen molar-refractivity contribution in [3.63, 3.8) is 0 Å². The molecule has 0 bridgehead atoms. The zero-order valence-corrected chi connectivity index (χ0v) is 38.1. The van der Waals surface area contributed by atoms with Gasteiger partial charge in [0, 0.05) is 11.4 Å². The van der Waals surface area contributed by atoms with Crippen molar-refractivity contribution in [3.8, 4) is 44.5 Å². The molecule has 0 spiro atoms. The molecule has 0 amide bonds. The molecule has 324 valence electrons. The normalized spacial score (nSPS) is 16.2. The van der Waals surface area contributed by atoms with Crippen LogP contribution >= 0.6 is 0 Å². The first kappa shape index (κ1) is 40.5. The highest BCUT2D eigenvalue weighted by Gasteiger charge is 2.58. The number of nitrogens with zero attached hydrogens (tertiary/aromatic N) is 1. The first-order chi connectivity index (χ1) is 34.2. The Hall–Kier alpha value is -8.78. The van der Waals surface area contributed by atoms with E-state index in [2.05, 4.69) is 290 Å². The minimum atomic E-state index is -0.733. The average molecular weight is 878 g/mol. The molecule has 13 rings (SSSR count). The van der Waals surface area contributed by atoms with E-state index in [-0.39, 0.29) is 0 Å². The van der Waals surface area contributed by atoms with E-state index in [1.54, 1.807) is 0 Å². The van der Waals surface area contributed by atoms with Gasteiger partial charge in [-0.2, -0.15) is 0 Å². The van der Waals surface area contributed by atoms with E-state index in [0.717, 1.165) is 17.1 Å². The minimum Gasteiger partial charge on any atom is -0.310 e. The van der Waals surface area contributed by atoms with E-state index in [1.165, 1.54) is 89.0 Å². The van der Waals surface area contributed by atoms with Crippen molar-refractivity contribution < 1.29 is 0 Å². The molecule has 0 radical (unpaired) electrons. The molecular formula is C68H47N. The zero-order valence-electron chi connectivity index (χ0n) is 38.1. The molecule has 2 atom stereocenters.